The maximum absolute atomic E-state index is 12.7. The molecule has 0 aliphatic carbocycles. The van der Waals surface area contributed by atoms with Gasteiger partial charge in [-0.2, -0.15) is 0 Å². The van der Waals surface area contributed by atoms with Crippen molar-refractivity contribution in [2.24, 2.45) is 0 Å². The van der Waals surface area contributed by atoms with Gasteiger partial charge in [0.1, 0.15) is 0 Å². The smallest absolute Gasteiger partial charge is 0.187 e. The summed E-state index contributed by atoms with van der Waals surface area (Å²) in [5.74, 6) is 0.158. The van der Waals surface area contributed by atoms with Crippen LogP contribution in [0.1, 0.15) is 11.1 Å². The molecular weight excluding hydrogens is 308 g/mol. The lowest BCUT2D eigenvalue weighted by atomic mass is 9.94. The summed E-state index contributed by atoms with van der Waals surface area (Å²) >= 11 is 0. The van der Waals surface area contributed by atoms with E-state index in [0.717, 1.165) is 22.3 Å². The Balaban J connectivity index is 0.000000701. The van der Waals surface area contributed by atoms with Gasteiger partial charge in [-0.25, -0.2) is 0 Å². The molecular formula is C22H26N2O. The highest BCUT2D eigenvalue weighted by molar-refractivity contribution is 6.14. The number of carbonyl (C=O) groups is 1. The molecule has 130 valence electrons. The van der Waals surface area contributed by atoms with E-state index in [0.29, 0.717) is 13.1 Å². The van der Waals surface area contributed by atoms with Crippen LogP contribution in [-0.2, 0) is 4.79 Å². The summed E-state index contributed by atoms with van der Waals surface area (Å²) in [6, 6.07) is 20.0. The lowest BCUT2D eigenvalue weighted by molar-refractivity contribution is -0.113. The van der Waals surface area contributed by atoms with Crippen molar-refractivity contribution >= 4 is 17.9 Å². The summed E-state index contributed by atoms with van der Waals surface area (Å²) in [6.45, 7) is 1.39. The predicted octanol–water partition coefficient (Wildman–Crippen LogP) is 3.50. The molecule has 1 saturated heterocycles. The Labute approximate surface area is 150 Å². The first-order valence-electron chi connectivity index (χ1n) is 8.47. The number of Topliss-reactive ketones (excluding diaryl/α,β-unsaturated/α-hetero) is 1. The molecule has 25 heavy (non-hydrogen) atoms. The molecule has 0 unspecified atom stereocenters. The van der Waals surface area contributed by atoms with Crippen molar-refractivity contribution in [3.05, 3.63) is 82.9 Å². The molecule has 0 saturated carbocycles. The van der Waals surface area contributed by atoms with Crippen molar-refractivity contribution in [2.75, 3.05) is 34.2 Å². The number of nitrogens with zero attached hydrogens (tertiary/aromatic N) is 1. The first kappa shape index (κ1) is 18.8. The second kappa shape index (κ2) is 9.72. The monoisotopic (exact) mass is 334 g/mol. The largest absolute Gasteiger partial charge is 0.323 e. The molecule has 1 aliphatic heterocycles. The summed E-state index contributed by atoms with van der Waals surface area (Å²) < 4.78 is 0. The van der Waals surface area contributed by atoms with Gasteiger partial charge in [0.15, 0.2) is 5.78 Å². The Morgan fingerprint density at radius 3 is 1.52 bits per heavy atom. The number of ketones is 1. The van der Waals surface area contributed by atoms with Gasteiger partial charge >= 0.3 is 0 Å². The molecule has 1 aliphatic rings. The molecule has 0 amide bonds. The summed E-state index contributed by atoms with van der Waals surface area (Å²) in [5.41, 5.74) is 3.84. The fourth-order valence-electron chi connectivity index (χ4n) is 2.71. The lowest BCUT2D eigenvalue weighted by Gasteiger charge is -2.26. The standard InChI is InChI=1S/C20H19NO.C2H7N/c1-21-14-18(12-16-8-4-2-5-9-16)20(22)19(15-21)13-17-10-6-3-7-11-17;1-3-2/h2-13H,14-15H2,1H3;3H,1-2H3. The summed E-state index contributed by atoms with van der Waals surface area (Å²) in [4.78, 5) is 14.9. The van der Waals surface area contributed by atoms with E-state index < -0.39 is 0 Å². The quantitative estimate of drug-likeness (QED) is 0.853. The van der Waals surface area contributed by atoms with Crippen molar-refractivity contribution in [2.45, 2.75) is 0 Å². The van der Waals surface area contributed by atoms with Crippen molar-refractivity contribution in [1.82, 2.24) is 10.2 Å². The number of likely N-dealkylation sites (N-methyl/N-ethyl adjacent to an activating group) is 1. The lowest BCUT2D eigenvalue weighted by Crippen LogP contribution is -2.34. The topological polar surface area (TPSA) is 32.3 Å². The van der Waals surface area contributed by atoms with E-state index in [-0.39, 0.29) is 5.78 Å². The minimum atomic E-state index is 0.158. The van der Waals surface area contributed by atoms with E-state index in [2.05, 4.69) is 10.2 Å². The number of benzene rings is 2. The van der Waals surface area contributed by atoms with Gasteiger partial charge in [-0.1, -0.05) is 60.7 Å². The van der Waals surface area contributed by atoms with E-state index in [9.17, 15) is 4.79 Å². The first-order chi connectivity index (χ1) is 12.1. The van der Waals surface area contributed by atoms with Crippen molar-refractivity contribution in [3.8, 4) is 0 Å². The van der Waals surface area contributed by atoms with Crippen LogP contribution in [0.2, 0.25) is 0 Å². The molecule has 2 aromatic rings. The zero-order valence-electron chi connectivity index (χ0n) is 15.2. The van der Waals surface area contributed by atoms with Gasteiger partial charge in [-0.3, -0.25) is 9.69 Å². The van der Waals surface area contributed by atoms with Gasteiger partial charge in [0.05, 0.1) is 0 Å². The highest BCUT2D eigenvalue weighted by Crippen LogP contribution is 2.21. The highest BCUT2D eigenvalue weighted by Gasteiger charge is 2.23. The second-order valence-corrected chi connectivity index (χ2v) is 6.16. The predicted molar refractivity (Wildman–Crippen MR) is 106 cm³/mol. The average Bonchev–Trinajstić information content (AvgIpc) is 2.61. The Kier molecular flexibility index (Phi) is 7.33. The molecule has 3 heteroatoms. The minimum absolute atomic E-state index is 0.158. The molecule has 0 aromatic heterocycles. The number of rotatable bonds is 2. The fraction of sp³-hybridized carbons (Fsp3) is 0.227. The number of piperidine rings is 1. The third-order valence-corrected chi connectivity index (χ3v) is 3.74. The number of hydrogen-bond donors (Lipinski definition) is 1. The zero-order chi connectivity index (χ0) is 18.1. The number of hydrogen-bond acceptors (Lipinski definition) is 3. The molecule has 3 nitrogen and oxygen atoms in total. The Bertz CT molecular complexity index is 672. The van der Waals surface area contributed by atoms with Crippen molar-refractivity contribution < 1.29 is 4.79 Å². The normalized spacial score (nSPS) is 18.1. The number of carbonyl (C=O) groups excluding carboxylic acids is 1. The van der Waals surface area contributed by atoms with E-state index in [1.165, 1.54) is 0 Å². The third-order valence-electron chi connectivity index (χ3n) is 3.74. The fourth-order valence-corrected chi connectivity index (χ4v) is 2.71. The van der Waals surface area contributed by atoms with E-state index in [1.54, 1.807) is 0 Å². The van der Waals surface area contributed by atoms with Gasteiger partial charge < -0.3 is 5.32 Å². The average molecular weight is 334 g/mol. The van der Waals surface area contributed by atoms with Crippen LogP contribution in [0.15, 0.2) is 71.8 Å². The van der Waals surface area contributed by atoms with Crippen LogP contribution in [0.25, 0.3) is 12.2 Å². The van der Waals surface area contributed by atoms with Crippen molar-refractivity contribution in [1.29, 1.82) is 0 Å². The molecule has 1 N–H and O–H groups in total. The van der Waals surface area contributed by atoms with E-state index in [1.807, 2.05) is 94.0 Å². The Hall–Kier alpha value is -2.49. The SMILES string of the molecule is CN1CC(=Cc2ccccc2)C(=O)C(=Cc2ccccc2)C1.CNC. The number of likely N-dealkylation sites (tertiary alicyclic amines) is 1. The van der Waals surface area contributed by atoms with Crippen LogP contribution < -0.4 is 5.32 Å². The molecule has 0 atom stereocenters. The van der Waals surface area contributed by atoms with Gasteiger partial charge in [0.25, 0.3) is 0 Å². The highest BCUT2D eigenvalue weighted by atomic mass is 16.1. The zero-order valence-corrected chi connectivity index (χ0v) is 15.2. The minimum Gasteiger partial charge on any atom is -0.323 e. The van der Waals surface area contributed by atoms with Gasteiger partial charge in [-0.05, 0) is 44.4 Å². The maximum Gasteiger partial charge on any atom is 0.187 e. The maximum atomic E-state index is 12.7. The molecule has 3 rings (SSSR count). The number of nitrogens with one attached hydrogen (secondary N) is 1. The second-order valence-electron chi connectivity index (χ2n) is 6.16. The van der Waals surface area contributed by atoms with E-state index in [4.69, 9.17) is 0 Å². The molecule has 2 aromatic carbocycles. The van der Waals surface area contributed by atoms with Gasteiger partial charge in [0.2, 0.25) is 0 Å². The Morgan fingerprint density at radius 1 is 0.800 bits per heavy atom. The van der Waals surface area contributed by atoms with Crippen LogP contribution in [0.4, 0.5) is 0 Å². The van der Waals surface area contributed by atoms with Crippen LogP contribution in [-0.4, -0.2) is 44.9 Å². The Morgan fingerprint density at radius 2 is 1.16 bits per heavy atom. The van der Waals surface area contributed by atoms with Gasteiger partial charge in [0, 0.05) is 24.2 Å². The molecule has 0 bridgehead atoms. The molecule has 0 spiro atoms. The molecule has 1 heterocycles. The van der Waals surface area contributed by atoms with Crippen molar-refractivity contribution in [3.63, 3.8) is 0 Å². The van der Waals surface area contributed by atoms with Crippen LogP contribution >= 0.6 is 0 Å². The summed E-state index contributed by atoms with van der Waals surface area (Å²) in [6.07, 6.45) is 3.99. The van der Waals surface area contributed by atoms with Crippen LogP contribution in [0.5, 0.6) is 0 Å². The first-order valence-corrected chi connectivity index (χ1v) is 8.47. The summed E-state index contributed by atoms with van der Waals surface area (Å²) in [5, 5.41) is 2.75. The molecule has 1 fully saturated rings. The summed E-state index contributed by atoms with van der Waals surface area (Å²) in [7, 11) is 5.80. The van der Waals surface area contributed by atoms with Crippen LogP contribution in [0, 0.1) is 0 Å². The van der Waals surface area contributed by atoms with E-state index >= 15 is 0 Å². The molecule has 0 radical (unpaired) electrons. The van der Waals surface area contributed by atoms with Crippen LogP contribution in [0.3, 0.4) is 0 Å². The van der Waals surface area contributed by atoms with Gasteiger partial charge in [-0.15, -0.1) is 0 Å². The third kappa shape index (κ3) is 5.82.